The van der Waals surface area contributed by atoms with E-state index in [4.69, 9.17) is 4.74 Å². The highest BCUT2D eigenvalue weighted by Crippen LogP contribution is 2.38. The van der Waals surface area contributed by atoms with Crippen LogP contribution in [-0.2, 0) is 4.74 Å². The van der Waals surface area contributed by atoms with Crippen molar-refractivity contribution in [1.82, 2.24) is 15.1 Å². The SMILES string of the molecule is Cc1cc(F)ccc1[C@H]1[C@H](CNCCN2CCOCC2)CCN1C(=O)O. The van der Waals surface area contributed by atoms with Gasteiger partial charge in [-0.3, -0.25) is 4.90 Å². The number of benzene rings is 1. The first-order valence-electron chi connectivity index (χ1n) is 9.32. The molecule has 2 atom stereocenters. The van der Waals surface area contributed by atoms with Gasteiger partial charge in [0, 0.05) is 39.3 Å². The number of carbonyl (C=O) groups is 1. The molecule has 0 spiro atoms. The van der Waals surface area contributed by atoms with Gasteiger partial charge < -0.3 is 20.1 Å². The van der Waals surface area contributed by atoms with Crippen molar-refractivity contribution in [2.24, 2.45) is 5.92 Å². The Morgan fingerprint density at radius 1 is 1.35 bits per heavy atom. The lowest BCUT2D eigenvalue weighted by Gasteiger charge is -2.29. The Balaban J connectivity index is 1.60. The molecule has 0 bridgehead atoms. The molecule has 6 nitrogen and oxygen atoms in total. The maximum absolute atomic E-state index is 13.5. The highest BCUT2D eigenvalue weighted by molar-refractivity contribution is 5.66. The lowest BCUT2D eigenvalue weighted by molar-refractivity contribution is 0.0383. The Hall–Kier alpha value is -1.70. The molecular weight excluding hydrogens is 337 g/mol. The average molecular weight is 365 g/mol. The van der Waals surface area contributed by atoms with Gasteiger partial charge in [-0.25, -0.2) is 9.18 Å². The molecule has 0 unspecified atom stereocenters. The van der Waals surface area contributed by atoms with E-state index in [0.717, 1.165) is 63.5 Å². The summed E-state index contributed by atoms with van der Waals surface area (Å²) in [5.74, 6) is -0.0914. The average Bonchev–Trinajstić information content (AvgIpc) is 3.03. The standard InChI is InChI=1S/C19H28FN3O3/c1-14-12-16(20)2-3-17(14)18-15(4-6-23(18)19(24)25)13-21-5-7-22-8-10-26-11-9-22/h2-3,12,15,18,21H,4-11,13H2,1H3,(H,24,25)/t15-,18+/m0/s1. The first-order valence-corrected chi connectivity index (χ1v) is 9.32. The van der Waals surface area contributed by atoms with Crippen molar-refractivity contribution in [2.75, 3.05) is 52.5 Å². The Kier molecular flexibility index (Phi) is 6.45. The van der Waals surface area contributed by atoms with E-state index in [1.807, 2.05) is 6.92 Å². The first-order chi connectivity index (χ1) is 12.6. The van der Waals surface area contributed by atoms with E-state index >= 15 is 0 Å². The van der Waals surface area contributed by atoms with Crippen LogP contribution in [0, 0.1) is 18.7 Å². The second-order valence-electron chi connectivity index (χ2n) is 7.13. The molecule has 144 valence electrons. The van der Waals surface area contributed by atoms with Gasteiger partial charge in [-0.1, -0.05) is 6.07 Å². The predicted octanol–water partition coefficient (Wildman–Crippen LogP) is 2.10. The van der Waals surface area contributed by atoms with Crippen molar-refractivity contribution in [3.63, 3.8) is 0 Å². The third-order valence-corrected chi connectivity index (χ3v) is 5.43. The number of morpholine rings is 1. The van der Waals surface area contributed by atoms with Crippen LogP contribution < -0.4 is 5.32 Å². The number of nitrogens with one attached hydrogen (secondary N) is 1. The highest BCUT2D eigenvalue weighted by atomic mass is 19.1. The number of hydrogen-bond donors (Lipinski definition) is 2. The van der Waals surface area contributed by atoms with E-state index in [0.29, 0.717) is 6.54 Å². The van der Waals surface area contributed by atoms with E-state index in [1.54, 1.807) is 6.07 Å². The summed E-state index contributed by atoms with van der Waals surface area (Å²) in [4.78, 5) is 15.5. The van der Waals surface area contributed by atoms with E-state index < -0.39 is 6.09 Å². The normalized spacial score (nSPS) is 24.2. The maximum Gasteiger partial charge on any atom is 0.407 e. The van der Waals surface area contributed by atoms with E-state index in [1.165, 1.54) is 17.0 Å². The number of nitrogens with zero attached hydrogens (tertiary/aromatic N) is 2. The Morgan fingerprint density at radius 3 is 2.81 bits per heavy atom. The highest BCUT2D eigenvalue weighted by Gasteiger charge is 2.38. The Morgan fingerprint density at radius 2 is 2.12 bits per heavy atom. The summed E-state index contributed by atoms with van der Waals surface area (Å²) < 4.78 is 18.8. The van der Waals surface area contributed by atoms with Crippen LogP contribution in [0.5, 0.6) is 0 Å². The van der Waals surface area contributed by atoms with Crippen LogP contribution in [0.4, 0.5) is 9.18 Å². The topological polar surface area (TPSA) is 65.0 Å². The van der Waals surface area contributed by atoms with Gasteiger partial charge in [0.2, 0.25) is 0 Å². The molecule has 0 aromatic heterocycles. The van der Waals surface area contributed by atoms with Crippen molar-refractivity contribution in [1.29, 1.82) is 0 Å². The lowest BCUT2D eigenvalue weighted by atomic mass is 9.90. The van der Waals surface area contributed by atoms with E-state index in [9.17, 15) is 14.3 Å². The van der Waals surface area contributed by atoms with Crippen LogP contribution in [0.25, 0.3) is 0 Å². The summed E-state index contributed by atoms with van der Waals surface area (Å²) in [5.41, 5.74) is 1.72. The lowest BCUT2D eigenvalue weighted by Crippen LogP contribution is -2.41. The molecular formula is C19H28FN3O3. The van der Waals surface area contributed by atoms with Gasteiger partial charge in [-0.15, -0.1) is 0 Å². The quantitative estimate of drug-likeness (QED) is 0.756. The number of likely N-dealkylation sites (tertiary alicyclic amines) is 1. The predicted molar refractivity (Wildman–Crippen MR) is 96.8 cm³/mol. The van der Waals surface area contributed by atoms with Crippen LogP contribution in [0.3, 0.4) is 0 Å². The fourth-order valence-electron chi connectivity index (χ4n) is 4.03. The summed E-state index contributed by atoms with van der Waals surface area (Å²) in [6.45, 7) is 8.49. The molecule has 1 amide bonds. The smallest absolute Gasteiger partial charge is 0.407 e. The van der Waals surface area contributed by atoms with Gasteiger partial charge in [0.25, 0.3) is 0 Å². The van der Waals surface area contributed by atoms with Gasteiger partial charge >= 0.3 is 6.09 Å². The third kappa shape index (κ3) is 4.52. The largest absolute Gasteiger partial charge is 0.465 e. The monoisotopic (exact) mass is 365 g/mol. The van der Waals surface area contributed by atoms with Crippen LogP contribution in [-0.4, -0.2) is 73.5 Å². The summed E-state index contributed by atoms with van der Waals surface area (Å²) in [5, 5.41) is 13.1. The van der Waals surface area contributed by atoms with Crippen molar-refractivity contribution < 1.29 is 19.0 Å². The summed E-state index contributed by atoms with van der Waals surface area (Å²) in [7, 11) is 0. The molecule has 0 radical (unpaired) electrons. The van der Waals surface area contributed by atoms with Crippen LogP contribution in [0.2, 0.25) is 0 Å². The van der Waals surface area contributed by atoms with Gasteiger partial charge in [0.15, 0.2) is 0 Å². The summed E-state index contributed by atoms with van der Waals surface area (Å²) in [6, 6.07) is 4.42. The maximum atomic E-state index is 13.5. The zero-order chi connectivity index (χ0) is 18.5. The van der Waals surface area contributed by atoms with Crippen molar-refractivity contribution in [3.8, 4) is 0 Å². The van der Waals surface area contributed by atoms with Crippen molar-refractivity contribution >= 4 is 6.09 Å². The van der Waals surface area contributed by atoms with Gasteiger partial charge in [0.1, 0.15) is 5.82 Å². The molecule has 0 saturated carbocycles. The molecule has 2 aliphatic rings. The molecule has 2 N–H and O–H groups in total. The molecule has 2 aliphatic heterocycles. The number of carboxylic acid groups (broad SMARTS) is 1. The second kappa shape index (κ2) is 8.79. The minimum atomic E-state index is -0.908. The fourth-order valence-corrected chi connectivity index (χ4v) is 4.03. The van der Waals surface area contributed by atoms with Gasteiger partial charge in [-0.2, -0.15) is 0 Å². The van der Waals surface area contributed by atoms with Crippen LogP contribution in [0.15, 0.2) is 18.2 Å². The number of ether oxygens (including phenoxy) is 1. The molecule has 2 saturated heterocycles. The van der Waals surface area contributed by atoms with Crippen molar-refractivity contribution in [2.45, 2.75) is 19.4 Å². The van der Waals surface area contributed by atoms with Crippen LogP contribution in [0.1, 0.15) is 23.6 Å². The van der Waals surface area contributed by atoms with Crippen LogP contribution >= 0.6 is 0 Å². The summed E-state index contributed by atoms with van der Waals surface area (Å²) >= 11 is 0. The number of amides is 1. The molecule has 2 heterocycles. The minimum absolute atomic E-state index is 0.194. The molecule has 3 rings (SSSR count). The molecule has 1 aromatic rings. The number of aryl methyl sites for hydroxylation is 1. The molecule has 7 heteroatoms. The minimum Gasteiger partial charge on any atom is -0.465 e. The summed E-state index contributed by atoms with van der Waals surface area (Å²) in [6.07, 6.45) is -0.0900. The zero-order valence-corrected chi connectivity index (χ0v) is 15.3. The molecule has 2 fully saturated rings. The first kappa shape index (κ1) is 19.1. The van der Waals surface area contributed by atoms with E-state index in [-0.39, 0.29) is 17.8 Å². The van der Waals surface area contributed by atoms with Gasteiger partial charge in [-0.05, 0) is 42.5 Å². The second-order valence-corrected chi connectivity index (χ2v) is 7.13. The zero-order valence-electron chi connectivity index (χ0n) is 15.3. The molecule has 0 aliphatic carbocycles. The molecule has 26 heavy (non-hydrogen) atoms. The van der Waals surface area contributed by atoms with Crippen molar-refractivity contribution in [3.05, 3.63) is 35.1 Å². The Bertz CT molecular complexity index is 622. The van der Waals surface area contributed by atoms with Gasteiger partial charge in [0.05, 0.1) is 19.3 Å². The fraction of sp³-hybridized carbons (Fsp3) is 0.632. The third-order valence-electron chi connectivity index (χ3n) is 5.43. The number of halogens is 1. The molecule has 1 aromatic carbocycles. The Labute approximate surface area is 153 Å². The number of hydrogen-bond acceptors (Lipinski definition) is 4. The number of rotatable bonds is 6. The van der Waals surface area contributed by atoms with E-state index in [2.05, 4.69) is 10.2 Å².